The highest BCUT2D eigenvalue weighted by Crippen LogP contribution is 1.58. The second-order valence-corrected chi connectivity index (χ2v) is 0.960. The normalized spacial score (nSPS) is 8.67. The maximum absolute atomic E-state index is 6.43. The lowest BCUT2D eigenvalue weighted by Gasteiger charge is -1.57. The molecule has 0 aliphatic heterocycles. The summed E-state index contributed by atoms with van der Waals surface area (Å²) in [4.78, 5) is 0. The van der Waals surface area contributed by atoms with Gasteiger partial charge in [0.1, 0.15) is 0 Å². The van der Waals surface area contributed by atoms with Crippen molar-refractivity contribution in [3.05, 3.63) is 12.2 Å². The Labute approximate surface area is 42.2 Å². The number of rotatable bonds is 2. The highest BCUT2D eigenvalue weighted by atomic mass is 32.1. The number of allylic oxidation sites excluding steroid dienone is 2. The predicted molar refractivity (Wildman–Crippen MR) is 31.6 cm³/mol. The molecule has 0 aliphatic carbocycles. The van der Waals surface area contributed by atoms with Gasteiger partial charge in [0.25, 0.3) is 0 Å². The van der Waals surface area contributed by atoms with Gasteiger partial charge in [-0.15, -0.1) is 0 Å². The first-order valence-corrected chi connectivity index (χ1v) is 2.00. The molecule has 0 aliphatic rings. The Morgan fingerprint density at radius 2 is 2.00 bits per heavy atom. The zero-order valence-corrected chi connectivity index (χ0v) is 4.03. The van der Waals surface area contributed by atoms with Crippen LogP contribution in [-0.4, -0.2) is 11.6 Å². The van der Waals surface area contributed by atoms with E-state index in [0.29, 0.717) is 0 Å². The molecule has 2 heteroatoms. The molecule has 32 valence electrons. The van der Waals surface area contributed by atoms with Crippen molar-refractivity contribution in [3.63, 3.8) is 0 Å². The summed E-state index contributed by atoms with van der Waals surface area (Å²) in [6, 6.07) is 0. The van der Waals surface area contributed by atoms with E-state index in [4.69, 9.17) is 5.41 Å². The van der Waals surface area contributed by atoms with Crippen LogP contribution in [0, 0.1) is 5.41 Å². The summed E-state index contributed by atoms with van der Waals surface area (Å²) in [6.07, 6.45) is 4.37. The molecule has 0 bridgehead atoms. The van der Waals surface area contributed by atoms with E-state index in [1.54, 1.807) is 12.2 Å². The lowest BCUT2D eigenvalue weighted by atomic mass is 10.6. The van der Waals surface area contributed by atoms with Gasteiger partial charge in [-0.2, -0.15) is 0 Å². The minimum Gasteiger partial charge on any atom is -0.309 e. The monoisotopic (exact) mass is 99.0 g/mol. The molecule has 0 saturated heterocycles. The Kier molecular flexibility index (Phi) is 4.12. The van der Waals surface area contributed by atoms with Gasteiger partial charge in [0.15, 0.2) is 0 Å². The van der Waals surface area contributed by atoms with E-state index < -0.39 is 0 Å². The van der Waals surface area contributed by atoms with Crippen molar-refractivity contribution >= 4 is 23.8 Å². The third kappa shape index (κ3) is 3.50. The Hall–Kier alpha value is -0.500. The lowest BCUT2D eigenvalue weighted by Crippen LogP contribution is -1.55. The SMILES string of the molecule is N=C/C=C\C=S. The van der Waals surface area contributed by atoms with Crippen LogP contribution in [0.1, 0.15) is 0 Å². The van der Waals surface area contributed by atoms with Crippen LogP contribution in [0.15, 0.2) is 12.2 Å². The second kappa shape index (κ2) is 4.50. The molecular formula is C4H5NS. The number of thiocarbonyl (C=S) groups is 1. The average molecular weight is 99.2 g/mol. The topological polar surface area (TPSA) is 23.9 Å². The van der Waals surface area contributed by atoms with E-state index in [1.807, 2.05) is 0 Å². The quantitative estimate of drug-likeness (QED) is 0.314. The van der Waals surface area contributed by atoms with E-state index in [9.17, 15) is 0 Å². The Morgan fingerprint density at radius 3 is 2.17 bits per heavy atom. The maximum atomic E-state index is 6.43. The molecule has 0 unspecified atom stereocenters. The fraction of sp³-hybridized carbons (Fsp3) is 0. The van der Waals surface area contributed by atoms with Crippen molar-refractivity contribution in [2.24, 2.45) is 0 Å². The van der Waals surface area contributed by atoms with Crippen molar-refractivity contribution in [1.82, 2.24) is 0 Å². The van der Waals surface area contributed by atoms with Crippen LogP contribution >= 0.6 is 12.2 Å². The molecule has 1 N–H and O–H groups in total. The van der Waals surface area contributed by atoms with Crippen molar-refractivity contribution in [2.45, 2.75) is 0 Å². The van der Waals surface area contributed by atoms with Gasteiger partial charge in [-0.3, -0.25) is 0 Å². The molecule has 0 spiro atoms. The van der Waals surface area contributed by atoms with Crippen molar-refractivity contribution in [2.75, 3.05) is 0 Å². The standard InChI is InChI=1S/C4H5NS/c5-3-1-2-4-6/h1-5H/b2-1-,5-3?. The maximum Gasteiger partial charge on any atom is 0.0178 e. The minimum atomic E-state index is 1.18. The van der Waals surface area contributed by atoms with E-state index in [0.717, 1.165) is 0 Å². The molecule has 0 aromatic heterocycles. The predicted octanol–water partition coefficient (Wildman–Crippen LogP) is 1.19. The molecule has 0 fully saturated rings. The Bertz CT molecular complexity index is 65.6. The molecule has 0 atom stereocenters. The summed E-state index contributed by atoms with van der Waals surface area (Å²) in [5.74, 6) is 0. The number of nitrogens with one attached hydrogen (secondary N) is 1. The molecule has 0 amide bonds. The smallest absolute Gasteiger partial charge is 0.0178 e. The largest absolute Gasteiger partial charge is 0.309 e. The third-order valence-electron chi connectivity index (χ3n) is 0.286. The van der Waals surface area contributed by atoms with Crippen LogP contribution in [-0.2, 0) is 0 Å². The van der Waals surface area contributed by atoms with Gasteiger partial charge in [0.2, 0.25) is 0 Å². The molecule has 0 rings (SSSR count). The van der Waals surface area contributed by atoms with Crippen LogP contribution in [0.5, 0.6) is 0 Å². The number of hydrogen-bond acceptors (Lipinski definition) is 2. The summed E-state index contributed by atoms with van der Waals surface area (Å²) >= 11 is 4.40. The van der Waals surface area contributed by atoms with Crippen LogP contribution in [0.3, 0.4) is 0 Å². The fourth-order valence-corrected chi connectivity index (χ4v) is 0.192. The fourth-order valence-electron chi connectivity index (χ4n) is 0.101. The van der Waals surface area contributed by atoms with Crippen molar-refractivity contribution in [3.8, 4) is 0 Å². The van der Waals surface area contributed by atoms with Gasteiger partial charge in [0, 0.05) is 11.6 Å². The van der Waals surface area contributed by atoms with E-state index in [1.165, 1.54) is 11.6 Å². The first-order valence-electron chi connectivity index (χ1n) is 1.52. The highest BCUT2D eigenvalue weighted by molar-refractivity contribution is 7.79. The summed E-state index contributed by atoms with van der Waals surface area (Å²) in [5.41, 5.74) is 0. The van der Waals surface area contributed by atoms with Gasteiger partial charge in [-0.25, -0.2) is 0 Å². The Morgan fingerprint density at radius 1 is 1.33 bits per heavy atom. The zero-order valence-electron chi connectivity index (χ0n) is 3.22. The Balaban J connectivity index is 3.17. The third-order valence-corrected chi connectivity index (χ3v) is 0.443. The van der Waals surface area contributed by atoms with Crippen LogP contribution in [0.25, 0.3) is 0 Å². The van der Waals surface area contributed by atoms with E-state index in [2.05, 4.69) is 12.2 Å². The zero-order chi connectivity index (χ0) is 4.83. The molecule has 1 nitrogen and oxygen atoms in total. The second-order valence-electron chi connectivity index (χ2n) is 0.688. The van der Waals surface area contributed by atoms with Gasteiger partial charge >= 0.3 is 0 Å². The van der Waals surface area contributed by atoms with Gasteiger partial charge in [0.05, 0.1) is 0 Å². The van der Waals surface area contributed by atoms with E-state index in [-0.39, 0.29) is 0 Å². The molecular weight excluding hydrogens is 94.1 g/mol. The van der Waals surface area contributed by atoms with Crippen LogP contribution in [0.4, 0.5) is 0 Å². The molecule has 0 aromatic rings. The molecule has 0 heterocycles. The molecule has 0 aromatic carbocycles. The van der Waals surface area contributed by atoms with Crippen molar-refractivity contribution in [1.29, 1.82) is 5.41 Å². The van der Waals surface area contributed by atoms with Gasteiger partial charge < -0.3 is 5.41 Å². The molecule has 0 radical (unpaired) electrons. The lowest BCUT2D eigenvalue weighted by molar-refractivity contribution is 1.58. The van der Waals surface area contributed by atoms with Gasteiger partial charge in [-0.1, -0.05) is 12.2 Å². The minimum absolute atomic E-state index is 1.18. The summed E-state index contributed by atoms with van der Waals surface area (Å²) in [5, 5.41) is 7.89. The summed E-state index contributed by atoms with van der Waals surface area (Å²) < 4.78 is 0. The first-order chi connectivity index (χ1) is 2.91. The van der Waals surface area contributed by atoms with Gasteiger partial charge in [-0.05, 0) is 12.2 Å². The highest BCUT2D eigenvalue weighted by Gasteiger charge is 1.50. The van der Waals surface area contributed by atoms with Crippen molar-refractivity contribution < 1.29 is 0 Å². The van der Waals surface area contributed by atoms with Crippen LogP contribution < -0.4 is 0 Å². The first kappa shape index (κ1) is 5.50. The molecule has 0 saturated carbocycles. The van der Waals surface area contributed by atoms with E-state index >= 15 is 0 Å². The summed E-state index contributed by atoms with van der Waals surface area (Å²) in [7, 11) is 0. The average Bonchev–Trinajstić information content (AvgIpc) is 1.61. The summed E-state index contributed by atoms with van der Waals surface area (Å²) in [6.45, 7) is 0. The van der Waals surface area contributed by atoms with Crippen LogP contribution in [0.2, 0.25) is 0 Å². The molecule has 6 heavy (non-hydrogen) atoms. The number of hydrogen-bond donors (Lipinski definition) is 1.